The van der Waals surface area contributed by atoms with Crippen molar-refractivity contribution in [1.82, 2.24) is 9.80 Å². The molecule has 1 amide bonds. The van der Waals surface area contributed by atoms with E-state index in [1.807, 2.05) is 11.8 Å². The Morgan fingerprint density at radius 1 is 1.24 bits per heavy atom. The van der Waals surface area contributed by atoms with Gasteiger partial charge >= 0.3 is 0 Å². The third kappa shape index (κ3) is 3.14. The molecule has 1 heterocycles. The largest absolute Gasteiger partial charge is 0.339 e. The minimum atomic E-state index is -0.326. The Morgan fingerprint density at radius 3 is 2.35 bits per heavy atom. The molecule has 0 aromatic rings. The highest BCUT2D eigenvalue weighted by atomic mass is 35.5. The Labute approximate surface area is 109 Å². The maximum absolute atomic E-state index is 11.9. The van der Waals surface area contributed by atoms with Crippen LogP contribution in [0, 0.1) is 0 Å². The summed E-state index contributed by atoms with van der Waals surface area (Å²) in [4.78, 5) is 16.4. The van der Waals surface area contributed by atoms with Crippen LogP contribution in [-0.4, -0.2) is 53.3 Å². The van der Waals surface area contributed by atoms with Crippen molar-refractivity contribution in [2.45, 2.75) is 50.4 Å². The van der Waals surface area contributed by atoms with Crippen LogP contribution in [0.4, 0.5) is 0 Å². The Bertz CT molecular complexity index is 258. The molecule has 0 aromatic carbocycles. The first-order valence-corrected chi connectivity index (χ1v) is 7.33. The summed E-state index contributed by atoms with van der Waals surface area (Å²) in [7, 11) is 0. The number of piperazine rings is 1. The molecule has 2 rings (SSSR count). The normalized spacial score (nSPS) is 25.2. The highest BCUT2D eigenvalue weighted by Crippen LogP contribution is 2.24. The van der Waals surface area contributed by atoms with E-state index in [1.165, 1.54) is 25.7 Å². The molecule has 0 aromatic heterocycles. The van der Waals surface area contributed by atoms with Crippen molar-refractivity contribution in [2.75, 3.05) is 26.2 Å². The second-order valence-corrected chi connectivity index (χ2v) is 5.70. The third-order valence-corrected chi connectivity index (χ3v) is 4.59. The molecule has 98 valence electrons. The molecule has 4 heteroatoms. The maximum atomic E-state index is 11.9. The van der Waals surface area contributed by atoms with Crippen LogP contribution in [0.1, 0.15) is 39.0 Å². The first kappa shape index (κ1) is 13.2. The summed E-state index contributed by atoms with van der Waals surface area (Å²) < 4.78 is 0. The minimum Gasteiger partial charge on any atom is -0.339 e. The summed E-state index contributed by atoms with van der Waals surface area (Å²) in [5.41, 5.74) is 0. The van der Waals surface area contributed by atoms with E-state index < -0.39 is 0 Å². The molecule has 2 fully saturated rings. The van der Waals surface area contributed by atoms with Crippen molar-refractivity contribution in [3.05, 3.63) is 0 Å². The molecule has 1 saturated carbocycles. The standard InChI is InChI=1S/C13H23ClN2O/c1-2-12(14)13(17)16-9-7-15(8-10-16)11-5-3-4-6-11/h11-12H,2-10H2,1H3/t12-/m0/s1. The molecule has 0 unspecified atom stereocenters. The van der Waals surface area contributed by atoms with Crippen LogP contribution >= 0.6 is 11.6 Å². The fourth-order valence-electron chi connectivity index (χ4n) is 2.95. The van der Waals surface area contributed by atoms with Gasteiger partial charge in [-0.25, -0.2) is 0 Å². The molecule has 17 heavy (non-hydrogen) atoms. The molecule has 3 nitrogen and oxygen atoms in total. The third-order valence-electron chi connectivity index (χ3n) is 4.09. The van der Waals surface area contributed by atoms with Gasteiger partial charge < -0.3 is 4.90 Å². The minimum absolute atomic E-state index is 0.125. The lowest BCUT2D eigenvalue weighted by atomic mass is 10.1. The zero-order chi connectivity index (χ0) is 12.3. The molecular weight excluding hydrogens is 236 g/mol. The molecule has 0 spiro atoms. The summed E-state index contributed by atoms with van der Waals surface area (Å²) in [5.74, 6) is 0.125. The van der Waals surface area contributed by atoms with Crippen molar-refractivity contribution < 1.29 is 4.79 Å². The van der Waals surface area contributed by atoms with Gasteiger partial charge in [-0.3, -0.25) is 9.69 Å². The van der Waals surface area contributed by atoms with E-state index in [1.54, 1.807) is 0 Å². The van der Waals surface area contributed by atoms with Crippen molar-refractivity contribution in [1.29, 1.82) is 0 Å². The topological polar surface area (TPSA) is 23.6 Å². The quantitative estimate of drug-likeness (QED) is 0.724. The number of hydrogen-bond donors (Lipinski definition) is 0. The van der Waals surface area contributed by atoms with Crippen LogP contribution in [0.15, 0.2) is 0 Å². The van der Waals surface area contributed by atoms with Crippen LogP contribution in [0.3, 0.4) is 0 Å². The highest BCUT2D eigenvalue weighted by molar-refractivity contribution is 6.30. The van der Waals surface area contributed by atoms with Crippen molar-refractivity contribution >= 4 is 17.5 Å². The number of hydrogen-bond acceptors (Lipinski definition) is 2. The van der Waals surface area contributed by atoms with E-state index in [-0.39, 0.29) is 11.3 Å². The second-order valence-electron chi connectivity index (χ2n) is 5.18. The van der Waals surface area contributed by atoms with Crippen LogP contribution in [-0.2, 0) is 4.79 Å². The van der Waals surface area contributed by atoms with Crippen LogP contribution in [0.25, 0.3) is 0 Å². The summed E-state index contributed by atoms with van der Waals surface area (Å²) in [6.45, 7) is 5.74. The average Bonchev–Trinajstić information content (AvgIpc) is 2.91. The highest BCUT2D eigenvalue weighted by Gasteiger charge is 2.29. The Hall–Kier alpha value is -0.280. The molecule has 1 saturated heterocycles. The van der Waals surface area contributed by atoms with Crippen molar-refractivity contribution in [2.24, 2.45) is 0 Å². The van der Waals surface area contributed by atoms with Gasteiger partial charge in [-0.1, -0.05) is 19.8 Å². The van der Waals surface area contributed by atoms with Crippen LogP contribution < -0.4 is 0 Å². The number of carbonyl (C=O) groups excluding carboxylic acids is 1. The van der Waals surface area contributed by atoms with E-state index in [2.05, 4.69) is 4.90 Å². The fraction of sp³-hybridized carbons (Fsp3) is 0.923. The van der Waals surface area contributed by atoms with Gasteiger partial charge in [0.05, 0.1) is 0 Å². The second kappa shape index (κ2) is 6.05. The fourth-order valence-corrected chi connectivity index (χ4v) is 3.09. The Balaban J connectivity index is 1.79. The molecule has 1 aliphatic heterocycles. The first-order chi connectivity index (χ1) is 8.22. The smallest absolute Gasteiger partial charge is 0.240 e. The zero-order valence-electron chi connectivity index (χ0n) is 10.7. The summed E-state index contributed by atoms with van der Waals surface area (Å²) in [6, 6.07) is 0.783. The lowest BCUT2D eigenvalue weighted by Gasteiger charge is -2.38. The van der Waals surface area contributed by atoms with Crippen LogP contribution in [0.2, 0.25) is 0 Å². The van der Waals surface area contributed by atoms with Crippen molar-refractivity contribution in [3.63, 3.8) is 0 Å². The number of halogens is 1. The predicted octanol–water partition coefficient (Wildman–Crippen LogP) is 2.09. The Morgan fingerprint density at radius 2 is 1.82 bits per heavy atom. The summed E-state index contributed by atoms with van der Waals surface area (Å²) >= 11 is 6.01. The molecular formula is C13H23ClN2O. The SMILES string of the molecule is CC[C@H](Cl)C(=O)N1CCN(C2CCCC2)CC1. The van der Waals surface area contributed by atoms with Gasteiger partial charge in [0, 0.05) is 32.2 Å². The van der Waals surface area contributed by atoms with Gasteiger partial charge in [0.2, 0.25) is 5.91 Å². The van der Waals surface area contributed by atoms with E-state index in [4.69, 9.17) is 11.6 Å². The number of alkyl halides is 1. The Kier molecular flexibility index (Phi) is 4.69. The van der Waals surface area contributed by atoms with E-state index in [0.29, 0.717) is 0 Å². The molecule has 1 aliphatic carbocycles. The summed E-state index contributed by atoms with van der Waals surface area (Å²) in [6.07, 6.45) is 6.18. The molecule has 0 N–H and O–H groups in total. The molecule has 1 atom stereocenters. The maximum Gasteiger partial charge on any atom is 0.240 e. The van der Waals surface area contributed by atoms with Gasteiger partial charge in [-0.05, 0) is 19.3 Å². The molecule has 0 bridgehead atoms. The van der Waals surface area contributed by atoms with E-state index >= 15 is 0 Å². The van der Waals surface area contributed by atoms with Gasteiger partial charge in [-0.2, -0.15) is 0 Å². The number of carbonyl (C=O) groups is 1. The number of rotatable bonds is 3. The van der Waals surface area contributed by atoms with E-state index in [9.17, 15) is 4.79 Å². The van der Waals surface area contributed by atoms with Gasteiger partial charge in [0.1, 0.15) is 5.38 Å². The van der Waals surface area contributed by atoms with Crippen molar-refractivity contribution in [3.8, 4) is 0 Å². The lowest BCUT2D eigenvalue weighted by molar-refractivity contribution is -0.132. The monoisotopic (exact) mass is 258 g/mol. The molecule has 0 radical (unpaired) electrons. The predicted molar refractivity (Wildman–Crippen MR) is 70.3 cm³/mol. The summed E-state index contributed by atoms with van der Waals surface area (Å²) in [5, 5.41) is -0.326. The first-order valence-electron chi connectivity index (χ1n) is 6.89. The molecule has 2 aliphatic rings. The van der Waals surface area contributed by atoms with Gasteiger partial charge in [0.25, 0.3) is 0 Å². The van der Waals surface area contributed by atoms with Gasteiger partial charge in [0.15, 0.2) is 0 Å². The number of amides is 1. The lowest BCUT2D eigenvalue weighted by Crippen LogP contribution is -2.52. The zero-order valence-corrected chi connectivity index (χ0v) is 11.5. The van der Waals surface area contributed by atoms with Gasteiger partial charge in [-0.15, -0.1) is 11.6 Å². The number of nitrogens with zero attached hydrogens (tertiary/aromatic N) is 2. The van der Waals surface area contributed by atoms with Crippen LogP contribution in [0.5, 0.6) is 0 Å². The average molecular weight is 259 g/mol. The van der Waals surface area contributed by atoms with E-state index in [0.717, 1.165) is 38.6 Å².